The molecule has 3 aromatic rings. The van der Waals surface area contributed by atoms with Gasteiger partial charge in [-0.15, -0.1) is 0 Å². The maximum Gasteiger partial charge on any atom is 0.221 e. The molecule has 1 unspecified atom stereocenters. The van der Waals surface area contributed by atoms with E-state index in [2.05, 4.69) is 5.32 Å². The second-order valence-electron chi connectivity index (χ2n) is 6.42. The van der Waals surface area contributed by atoms with Gasteiger partial charge in [-0.1, -0.05) is 24.3 Å². The highest BCUT2D eigenvalue weighted by atomic mass is 32.2. The molecule has 1 N–H and O–H groups in total. The molecule has 0 fully saturated rings. The number of amides is 1. The van der Waals surface area contributed by atoms with Gasteiger partial charge in [-0.3, -0.25) is 13.7 Å². The highest BCUT2D eigenvalue weighted by Crippen LogP contribution is 2.31. The number of nitrogens with one attached hydrogen (secondary N) is 1. The van der Waals surface area contributed by atoms with Crippen molar-refractivity contribution in [1.29, 1.82) is 0 Å². The van der Waals surface area contributed by atoms with Crippen molar-refractivity contribution in [2.24, 2.45) is 0 Å². The summed E-state index contributed by atoms with van der Waals surface area (Å²) in [5.74, 6) is 0.622. The summed E-state index contributed by atoms with van der Waals surface area (Å²) in [7, 11) is -1.09. The summed E-state index contributed by atoms with van der Waals surface area (Å²) in [6, 6.07) is 15.2. The number of hydrogen-bond acceptors (Lipinski definition) is 4. The van der Waals surface area contributed by atoms with Crippen molar-refractivity contribution < 1.29 is 13.7 Å². The topological polar surface area (TPSA) is 73.2 Å². The molecular formula is C20H19N3O3S. The SMILES string of the molecule is CC(=O)Nc1ccc2c(c1)OCc1cc(-c3ccccc3S(C)=O)nn1C2. The number of ether oxygens (including phenoxy) is 1. The lowest BCUT2D eigenvalue weighted by molar-refractivity contribution is -0.114. The van der Waals surface area contributed by atoms with Crippen molar-refractivity contribution in [3.05, 3.63) is 59.8 Å². The molecule has 7 heteroatoms. The van der Waals surface area contributed by atoms with Gasteiger partial charge in [0.1, 0.15) is 12.4 Å². The molecule has 27 heavy (non-hydrogen) atoms. The fourth-order valence-corrected chi connectivity index (χ4v) is 3.94. The summed E-state index contributed by atoms with van der Waals surface area (Å²) >= 11 is 0. The first-order valence-electron chi connectivity index (χ1n) is 8.54. The van der Waals surface area contributed by atoms with Crippen molar-refractivity contribution in [1.82, 2.24) is 9.78 Å². The van der Waals surface area contributed by atoms with Crippen LogP contribution < -0.4 is 10.1 Å². The molecule has 0 spiro atoms. The predicted octanol–water partition coefficient (Wildman–Crippen LogP) is 3.19. The van der Waals surface area contributed by atoms with Gasteiger partial charge in [0.2, 0.25) is 5.91 Å². The zero-order valence-electron chi connectivity index (χ0n) is 15.1. The molecule has 1 amide bonds. The number of rotatable bonds is 3. The predicted molar refractivity (Wildman–Crippen MR) is 104 cm³/mol. The van der Waals surface area contributed by atoms with Crippen LogP contribution in [0, 0.1) is 0 Å². The van der Waals surface area contributed by atoms with Crippen molar-refractivity contribution in [3.63, 3.8) is 0 Å². The number of aromatic nitrogens is 2. The molecule has 6 nitrogen and oxygen atoms in total. The lowest BCUT2D eigenvalue weighted by Crippen LogP contribution is -2.06. The van der Waals surface area contributed by atoms with Crippen molar-refractivity contribution in [3.8, 4) is 17.0 Å². The minimum atomic E-state index is -1.09. The largest absolute Gasteiger partial charge is 0.487 e. The molecule has 2 aromatic carbocycles. The van der Waals surface area contributed by atoms with E-state index in [0.29, 0.717) is 18.8 Å². The Hall–Kier alpha value is -2.93. The number of carbonyl (C=O) groups excluding carboxylic acids is 1. The Morgan fingerprint density at radius 3 is 2.81 bits per heavy atom. The number of hydrogen-bond donors (Lipinski definition) is 1. The van der Waals surface area contributed by atoms with Crippen LogP contribution in [0.25, 0.3) is 11.3 Å². The summed E-state index contributed by atoms with van der Waals surface area (Å²) in [5.41, 5.74) is 4.31. The minimum absolute atomic E-state index is 0.117. The first-order chi connectivity index (χ1) is 13.0. The molecule has 2 heterocycles. The van der Waals surface area contributed by atoms with Crippen LogP contribution in [0.1, 0.15) is 18.2 Å². The smallest absolute Gasteiger partial charge is 0.221 e. The van der Waals surface area contributed by atoms with E-state index in [1.54, 1.807) is 6.26 Å². The molecular weight excluding hydrogens is 362 g/mol. The number of anilines is 1. The molecule has 138 valence electrons. The van der Waals surface area contributed by atoms with Crippen LogP contribution in [0.2, 0.25) is 0 Å². The summed E-state index contributed by atoms with van der Waals surface area (Å²) in [6.45, 7) is 2.42. The molecule has 1 aliphatic rings. The third kappa shape index (κ3) is 3.50. The Morgan fingerprint density at radius 1 is 1.22 bits per heavy atom. The van der Waals surface area contributed by atoms with Gasteiger partial charge in [-0.25, -0.2) is 0 Å². The van der Waals surface area contributed by atoms with E-state index in [1.165, 1.54) is 6.92 Å². The molecule has 0 saturated heterocycles. The monoisotopic (exact) mass is 381 g/mol. The first-order valence-corrected chi connectivity index (χ1v) is 10.1. The van der Waals surface area contributed by atoms with Crippen LogP contribution in [0.5, 0.6) is 5.75 Å². The van der Waals surface area contributed by atoms with Gasteiger partial charge in [0.25, 0.3) is 0 Å². The van der Waals surface area contributed by atoms with Gasteiger partial charge >= 0.3 is 0 Å². The molecule has 1 aliphatic heterocycles. The second kappa shape index (κ2) is 7.00. The van der Waals surface area contributed by atoms with Crippen LogP contribution in [-0.4, -0.2) is 26.2 Å². The van der Waals surface area contributed by atoms with Crippen LogP contribution in [0.15, 0.2) is 53.4 Å². The minimum Gasteiger partial charge on any atom is -0.487 e. The van der Waals surface area contributed by atoms with Crippen molar-refractivity contribution in [2.75, 3.05) is 11.6 Å². The van der Waals surface area contributed by atoms with E-state index in [4.69, 9.17) is 9.84 Å². The van der Waals surface area contributed by atoms with Crippen LogP contribution in [0.3, 0.4) is 0 Å². The lowest BCUT2D eigenvalue weighted by atomic mass is 10.1. The van der Waals surface area contributed by atoms with Crippen molar-refractivity contribution >= 4 is 22.4 Å². The molecule has 0 bridgehead atoms. The normalized spacial score (nSPS) is 13.7. The zero-order chi connectivity index (χ0) is 19.0. The maximum atomic E-state index is 12.0. The van der Waals surface area contributed by atoms with Gasteiger partial charge in [0.15, 0.2) is 0 Å². The molecule has 4 rings (SSSR count). The second-order valence-corrected chi connectivity index (χ2v) is 7.77. The first kappa shape index (κ1) is 17.5. The standard InChI is InChI=1S/C20H19N3O3S/c1-13(24)21-15-8-7-14-11-23-16(12-26-19(14)9-15)10-18(22-23)17-5-3-4-6-20(17)27(2)25/h3-10H,11-12H2,1-2H3,(H,21,24). The average molecular weight is 381 g/mol. The van der Waals surface area contributed by atoms with E-state index < -0.39 is 10.8 Å². The van der Waals surface area contributed by atoms with E-state index in [0.717, 1.165) is 33.2 Å². The number of benzene rings is 2. The average Bonchev–Trinajstić information content (AvgIpc) is 2.96. The van der Waals surface area contributed by atoms with Gasteiger partial charge in [0.05, 0.1) is 28.7 Å². The third-order valence-electron chi connectivity index (χ3n) is 4.42. The molecule has 1 aromatic heterocycles. The highest BCUT2D eigenvalue weighted by Gasteiger charge is 2.19. The summed E-state index contributed by atoms with van der Waals surface area (Å²) in [6.07, 6.45) is 1.67. The fourth-order valence-electron chi connectivity index (χ4n) is 3.18. The lowest BCUT2D eigenvalue weighted by Gasteiger charge is -2.10. The van der Waals surface area contributed by atoms with Crippen LogP contribution >= 0.6 is 0 Å². The van der Waals surface area contributed by atoms with Gasteiger partial charge < -0.3 is 10.1 Å². The zero-order valence-corrected chi connectivity index (χ0v) is 15.9. The van der Waals surface area contributed by atoms with Crippen LogP contribution in [0.4, 0.5) is 5.69 Å². The number of nitrogens with zero attached hydrogens (tertiary/aromatic N) is 2. The summed E-state index contributed by atoms with van der Waals surface area (Å²) in [4.78, 5) is 12.0. The Morgan fingerprint density at radius 2 is 2.04 bits per heavy atom. The Kier molecular flexibility index (Phi) is 4.53. The number of carbonyl (C=O) groups is 1. The third-order valence-corrected chi connectivity index (χ3v) is 5.39. The van der Waals surface area contributed by atoms with Gasteiger partial charge in [-0.05, 0) is 18.2 Å². The Balaban J connectivity index is 1.68. The van der Waals surface area contributed by atoms with Gasteiger partial charge in [0, 0.05) is 41.0 Å². The van der Waals surface area contributed by atoms with Crippen molar-refractivity contribution in [2.45, 2.75) is 25.0 Å². The summed E-state index contributed by atoms with van der Waals surface area (Å²) in [5, 5.41) is 7.49. The fraction of sp³-hybridized carbons (Fsp3) is 0.200. The molecule has 1 atom stereocenters. The van der Waals surface area contributed by atoms with E-state index in [9.17, 15) is 9.00 Å². The van der Waals surface area contributed by atoms with Gasteiger partial charge in [-0.2, -0.15) is 5.10 Å². The van der Waals surface area contributed by atoms with Crippen LogP contribution in [-0.2, 0) is 28.7 Å². The Labute approximate surface area is 159 Å². The van der Waals surface area contributed by atoms with E-state index in [1.807, 2.05) is 53.2 Å². The maximum absolute atomic E-state index is 12.0. The summed E-state index contributed by atoms with van der Waals surface area (Å²) < 4.78 is 19.9. The Bertz CT molecular complexity index is 1060. The molecule has 0 aliphatic carbocycles. The molecule has 0 saturated carbocycles. The quantitative estimate of drug-likeness (QED) is 0.756. The highest BCUT2D eigenvalue weighted by molar-refractivity contribution is 7.84. The van der Waals surface area contributed by atoms with E-state index in [-0.39, 0.29) is 5.91 Å². The number of fused-ring (bicyclic) bond motifs is 2. The molecule has 0 radical (unpaired) electrons. The van der Waals surface area contributed by atoms with E-state index >= 15 is 0 Å².